The summed E-state index contributed by atoms with van der Waals surface area (Å²) in [4.78, 5) is 4.48. The number of nitrogens with two attached hydrogens (primary N) is 1. The molecule has 0 aliphatic carbocycles. The van der Waals surface area contributed by atoms with Gasteiger partial charge in [0.2, 0.25) is 0 Å². The number of nitrogens with zero attached hydrogens (tertiary/aromatic N) is 1. The van der Waals surface area contributed by atoms with Crippen LogP contribution in [0.15, 0.2) is 36.5 Å². The van der Waals surface area contributed by atoms with Gasteiger partial charge in [0.1, 0.15) is 0 Å². The molecule has 0 saturated heterocycles. The lowest BCUT2D eigenvalue weighted by atomic mass is 9.96. The Bertz CT molecular complexity index is 503. The van der Waals surface area contributed by atoms with Crippen LogP contribution in [0.5, 0.6) is 0 Å². The predicted octanol–water partition coefficient (Wildman–Crippen LogP) is 3.18. The Morgan fingerprint density at radius 3 is 2.67 bits per heavy atom. The molecule has 1 heterocycles. The van der Waals surface area contributed by atoms with Crippen LogP contribution in [0.1, 0.15) is 38.3 Å². The largest absolute Gasteiger partial charge is 0.271 e. The van der Waals surface area contributed by atoms with Gasteiger partial charge in [-0.3, -0.25) is 16.3 Å². The molecule has 0 amide bonds. The van der Waals surface area contributed by atoms with Gasteiger partial charge in [-0.1, -0.05) is 38.1 Å². The summed E-state index contributed by atoms with van der Waals surface area (Å²) in [5.41, 5.74) is 5.16. The van der Waals surface area contributed by atoms with Crippen LogP contribution < -0.4 is 11.3 Å². The summed E-state index contributed by atoms with van der Waals surface area (Å²) in [5, 5.41) is 1.17. The summed E-state index contributed by atoms with van der Waals surface area (Å²) < 4.78 is 0. The normalized spacial score (nSPS) is 13.1. The Kier molecular flexibility index (Phi) is 4.28. The number of para-hydroxylation sites is 1. The Labute approximate surface area is 108 Å². The molecular weight excluding hydrogens is 222 g/mol. The average molecular weight is 243 g/mol. The van der Waals surface area contributed by atoms with E-state index in [1.807, 2.05) is 12.3 Å². The molecule has 1 unspecified atom stereocenters. The zero-order valence-electron chi connectivity index (χ0n) is 11.1. The molecule has 3 heteroatoms. The highest BCUT2D eigenvalue weighted by Gasteiger charge is 2.13. The number of rotatable bonds is 5. The molecule has 0 fully saturated rings. The first kappa shape index (κ1) is 13.0. The third-order valence-corrected chi connectivity index (χ3v) is 3.27. The molecule has 96 valence electrons. The average Bonchev–Trinajstić information content (AvgIpc) is 2.39. The zero-order valence-corrected chi connectivity index (χ0v) is 11.1. The molecule has 2 aromatic rings. The first-order valence-electron chi connectivity index (χ1n) is 6.52. The van der Waals surface area contributed by atoms with Crippen molar-refractivity contribution in [2.45, 2.75) is 32.7 Å². The quantitative estimate of drug-likeness (QED) is 0.626. The maximum atomic E-state index is 5.70. The lowest BCUT2D eigenvalue weighted by Gasteiger charge is -2.18. The topological polar surface area (TPSA) is 50.9 Å². The molecule has 2 rings (SSSR count). The van der Waals surface area contributed by atoms with E-state index in [1.165, 1.54) is 10.9 Å². The number of hydrogen-bond donors (Lipinski definition) is 2. The van der Waals surface area contributed by atoms with Crippen LogP contribution in [0.2, 0.25) is 0 Å². The molecule has 0 saturated carbocycles. The molecule has 1 atom stereocenters. The van der Waals surface area contributed by atoms with Gasteiger partial charge in [-0.05, 0) is 30.4 Å². The number of pyridine rings is 1. The third-order valence-electron chi connectivity index (χ3n) is 3.27. The van der Waals surface area contributed by atoms with Gasteiger partial charge in [0, 0.05) is 17.6 Å². The van der Waals surface area contributed by atoms with E-state index in [0.717, 1.165) is 18.4 Å². The number of aromatic nitrogens is 1. The number of fused-ring (bicyclic) bond motifs is 1. The minimum Gasteiger partial charge on any atom is -0.271 e. The smallest absolute Gasteiger partial charge is 0.0750 e. The minimum atomic E-state index is 0.172. The Morgan fingerprint density at radius 2 is 1.94 bits per heavy atom. The molecular formula is C15H21N3. The highest BCUT2D eigenvalue weighted by molar-refractivity contribution is 5.81. The molecule has 0 aliphatic rings. The molecule has 0 bridgehead atoms. The molecule has 1 aromatic heterocycles. The summed E-state index contributed by atoms with van der Waals surface area (Å²) in [6.45, 7) is 4.46. The zero-order chi connectivity index (χ0) is 13.0. The van der Waals surface area contributed by atoms with Crippen molar-refractivity contribution in [3.05, 3.63) is 42.1 Å². The van der Waals surface area contributed by atoms with Crippen molar-refractivity contribution >= 4 is 10.9 Å². The van der Waals surface area contributed by atoms with Crippen molar-refractivity contribution in [3.8, 4) is 0 Å². The molecule has 0 radical (unpaired) electrons. The van der Waals surface area contributed by atoms with Crippen molar-refractivity contribution < 1.29 is 0 Å². The van der Waals surface area contributed by atoms with Crippen LogP contribution in [0.3, 0.4) is 0 Å². The van der Waals surface area contributed by atoms with Crippen LogP contribution in [-0.4, -0.2) is 4.98 Å². The maximum absolute atomic E-state index is 5.70. The first-order valence-corrected chi connectivity index (χ1v) is 6.52. The summed E-state index contributed by atoms with van der Waals surface area (Å²) in [6, 6.07) is 10.5. The van der Waals surface area contributed by atoms with E-state index in [2.05, 4.69) is 48.5 Å². The second-order valence-corrected chi connectivity index (χ2v) is 5.11. The highest BCUT2D eigenvalue weighted by atomic mass is 15.2. The SMILES string of the molecule is CC(C)CCC(NN)c1cccc2cccnc12. The van der Waals surface area contributed by atoms with Gasteiger partial charge < -0.3 is 0 Å². The van der Waals surface area contributed by atoms with E-state index < -0.39 is 0 Å². The van der Waals surface area contributed by atoms with E-state index in [9.17, 15) is 0 Å². The number of hydrogen-bond acceptors (Lipinski definition) is 3. The molecule has 3 nitrogen and oxygen atoms in total. The lowest BCUT2D eigenvalue weighted by molar-refractivity contribution is 0.450. The maximum Gasteiger partial charge on any atom is 0.0750 e. The second kappa shape index (κ2) is 5.94. The van der Waals surface area contributed by atoms with Crippen LogP contribution in [0.4, 0.5) is 0 Å². The standard InChI is InChI=1S/C15H21N3/c1-11(2)8-9-14(18-16)13-7-3-5-12-6-4-10-17-15(12)13/h3-7,10-11,14,18H,8-9,16H2,1-2H3. The molecule has 0 aliphatic heterocycles. The van der Waals surface area contributed by atoms with E-state index in [1.54, 1.807) is 0 Å². The summed E-state index contributed by atoms with van der Waals surface area (Å²) in [6.07, 6.45) is 4.02. The van der Waals surface area contributed by atoms with Crippen LogP contribution in [0.25, 0.3) is 10.9 Å². The number of nitrogens with one attached hydrogen (secondary N) is 1. The van der Waals surface area contributed by atoms with Gasteiger partial charge in [-0.25, -0.2) is 0 Å². The third kappa shape index (κ3) is 2.86. The van der Waals surface area contributed by atoms with Gasteiger partial charge in [-0.15, -0.1) is 0 Å². The lowest BCUT2D eigenvalue weighted by Crippen LogP contribution is -2.28. The number of benzene rings is 1. The van der Waals surface area contributed by atoms with Crippen LogP contribution in [-0.2, 0) is 0 Å². The van der Waals surface area contributed by atoms with Crippen molar-refractivity contribution in [2.24, 2.45) is 11.8 Å². The van der Waals surface area contributed by atoms with Crippen molar-refractivity contribution in [1.29, 1.82) is 0 Å². The predicted molar refractivity (Wildman–Crippen MR) is 75.9 cm³/mol. The fourth-order valence-electron chi connectivity index (χ4n) is 2.24. The van der Waals surface area contributed by atoms with Gasteiger partial charge in [-0.2, -0.15) is 0 Å². The summed E-state index contributed by atoms with van der Waals surface area (Å²) >= 11 is 0. The highest BCUT2D eigenvalue weighted by Crippen LogP contribution is 2.26. The van der Waals surface area contributed by atoms with Crippen LogP contribution in [0, 0.1) is 5.92 Å². The molecule has 0 spiro atoms. The molecule has 18 heavy (non-hydrogen) atoms. The van der Waals surface area contributed by atoms with E-state index in [4.69, 9.17) is 5.84 Å². The molecule has 1 aromatic carbocycles. The van der Waals surface area contributed by atoms with E-state index in [-0.39, 0.29) is 6.04 Å². The van der Waals surface area contributed by atoms with Gasteiger partial charge in [0.25, 0.3) is 0 Å². The van der Waals surface area contributed by atoms with E-state index in [0.29, 0.717) is 5.92 Å². The fraction of sp³-hybridized carbons (Fsp3) is 0.400. The summed E-state index contributed by atoms with van der Waals surface area (Å²) in [7, 11) is 0. The van der Waals surface area contributed by atoms with Gasteiger partial charge in [0.15, 0.2) is 0 Å². The van der Waals surface area contributed by atoms with Crippen molar-refractivity contribution in [2.75, 3.05) is 0 Å². The Morgan fingerprint density at radius 1 is 1.17 bits per heavy atom. The Balaban J connectivity index is 2.32. The fourth-order valence-corrected chi connectivity index (χ4v) is 2.24. The number of hydrazine groups is 1. The monoisotopic (exact) mass is 243 g/mol. The Hall–Kier alpha value is -1.45. The minimum absolute atomic E-state index is 0.172. The first-order chi connectivity index (χ1) is 8.72. The molecule has 3 N–H and O–H groups in total. The second-order valence-electron chi connectivity index (χ2n) is 5.11. The van der Waals surface area contributed by atoms with Crippen molar-refractivity contribution in [3.63, 3.8) is 0 Å². The van der Waals surface area contributed by atoms with Gasteiger partial charge in [0.05, 0.1) is 5.52 Å². The van der Waals surface area contributed by atoms with E-state index >= 15 is 0 Å². The van der Waals surface area contributed by atoms with Crippen LogP contribution >= 0.6 is 0 Å². The summed E-state index contributed by atoms with van der Waals surface area (Å²) in [5.74, 6) is 6.39. The van der Waals surface area contributed by atoms with Crippen molar-refractivity contribution in [1.82, 2.24) is 10.4 Å². The van der Waals surface area contributed by atoms with Gasteiger partial charge >= 0.3 is 0 Å².